The number of halogens is 20. The van der Waals surface area contributed by atoms with E-state index < -0.39 is 99.8 Å². The summed E-state index contributed by atoms with van der Waals surface area (Å²) in [6.45, 7) is 0. The maximum absolute atomic E-state index is 14.1. The normalized spacial score (nSPS) is 15.0. The van der Waals surface area contributed by atoms with Crippen molar-refractivity contribution in [2.45, 2.75) is 41.7 Å². The minimum absolute atomic E-state index is 2.71. The van der Waals surface area contributed by atoms with Crippen LogP contribution in [0.1, 0.15) is 20.7 Å². The Hall–Kier alpha value is -3.70. The molecule has 0 aliphatic carbocycles. The number of hydrogen-bond acceptors (Lipinski definition) is 3. The smallest absolute Gasteiger partial charge is 0.460 e. The summed E-state index contributed by atoms with van der Waals surface area (Å²) in [6, 6.07) is -4.44. The lowest BCUT2D eigenvalue weighted by Gasteiger charge is -2.41. The molecule has 0 bridgehead atoms. The van der Waals surface area contributed by atoms with E-state index in [4.69, 9.17) is 10.2 Å². The van der Waals surface area contributed by atoms with Crippen molar-refractivity contribution in [1.29, 1.82) is 0 Å². The van der Waals surface area contributed by atoms with Gasteiger partial charge in [0.05, 0.1) is 0 Å². The summed E-state index contributed by atoms with van der Waals surface area (Å²) in [5, 5.41) is 17.2. The molecule has 0 saturated heterocycles. The Morgan fingerprint density at radius 1 is 0.524 bits per heavy atom. The molecule has 0 heterocycles. The van der Waals surface area contributed by atoms with E-state index in [-0.39, 0.29) is 0 Å². The second-order valence-electron chi connectivity index (χ2n) is 7.27. The predicted octanol–water partition coefficient (Wildman–Crippen LogP) is 7.36. The highest BCUT2D eigenvalue weighted by Gasteiger charge is 2.93. The largest absolute Gasteiger partial charge is 0.477 e. The fourth-order valence-electron chi connectivity index (χ4n) is 2.48. The molecule has 0 unspecified atom stereocenters. The molecule has 0 aromatic heterocycles. The van der Waals surface area contributed by atoms with Crippen molar-refractivity contribution in [2.24, 2.45) is 0 Å². The summed E-state index contributed by atoms with van der Waals surface area (Å²) >= 11 is 0. The first-order chi connectivity index (χ1) is 18.3. The molecule has 0 saturated carbocycles. The van der Waals surface area contributed by atoms with Gasteiger partial charge in [-0.25, -0.2) is 22.8 Å². The predicted molar refractivity (Wildman–Crippen MR) is 85.8 cm³/mol. The Bertz CT molecular complexity index is 1310. The standard InChI is InChI=1S/C17H2F20O5/c18-3-1(9(38)39)5(20)6(2(4(3)19)10(40)41)42-8(22)7(21)11(23,24)12(25,26)13(27,28)14(29,30)15(31,32)16(33,34)17(35,36)37/h(H,38,39)(H,40,41). The van der Waals surface area contributed by atoms with Crippen LogP contribution in [-0.2, 0) is 0 Å². The van der Waals surface area contributed by atoms with Crippen molar-refractivity contribution in [3.63, 3.8) is 0 Å². The van der Waals surface area contributed by atoms with Gasteiger partial charge in [-0.15, -0.1) is 0 Å². The number of aromatic carboxylic acids is 2. The third-order valence-electron chi connectivity index (χ3n) is 4.67. The zero-order chi connectivity index (χ0) is 34.0. The van der Waals surface area contributed by atoms with Gasteiger partial charge in [0.15, 0.2) is 23.2 Å². The van der Waals surface area contributed by atoms with Crippen LogP contribution in [0.2, 0.25) is 0 Å². The number of alkyl halides is 15. The van der Waals surface area contributed by atoms with Crippen molar-refractivity contribution in [2.75, 3.05) is 0 Å². The molecule has 0 aliphatic heterocycles. The lowest BCUT2D eigenvalue weighted by Crippen LogP contribution is -2.72. The van der Waals surface area contributed by atoms with Crippen LogP contribution >= 0.6 is 0 Å². The molecule has 2 N–H and O–H groups in total. The van der Waals surface area contributed by atoms with Crippen LogP contribution in [0.25, 0.3) is 0 Å². The van der Waals surface area contributed by atoms with E-state index in [0.29, 0.717) is 0 Å². The molecule has 1 aromatic rings. The van der Waals surface area contributed by atoms with Crippen LogP contribution < -0.4 is 4.74 Å². The van der Waals surface area contributed by atoms with Gasteiger partial charge in [0.2, 0.25) is 5.83 Å². The molecule has 0 fully saturated rings. The molecular weight excluding hydrogens is 664 g/mol. The number of rotatable bonds is 10. The van der Waals surface area contributed by atoms with Gasteiger partial charge in [0.25, 0.3) is 0 Å². The summed E-state index contributed by atoms with van der Waals surface area (Å²) in [6.07, 6.45) is -7.97. The van der Waals surface area contributed by atoms with E-state index >= 15 is 0 Å². The van der Waals surface area contributed by atoms with Crippen LogP contribution in [0.4, 0.5) is 87.8 Å². The molecule has 0 aliphatic rings. The molecule has 0 radical (unpaired) electrons. The monoisotopic (exact) mass is 666 g/mol. The van der Waals surface area contributed by atoms with E-state index in [0.717, 1.165) is 0 Å². The fraction of sp³-hybridized carbons (Fsp3) is 0.412. The minimum atomic E-state index is -8.93. The van der Waals surface area contributed by atoms with Crippen LogP contribution in [0.5, 0.6) is 5.75 Å². The van der Waals surface area contributed by atoms with Gasteiger partial charge in [-0.1, -0.05) is 0 Å². The second kappa shape index (κ2) is 10.2. The summed E-state index contributed by atoms with van der Waals surface area (Å²) in [7, 11) is 0. The Balaban J connectivity index is 3.91. The number of carboxylic acids is 2. The van der Waals surface area contributed by atoms with E-state index in [1.54, 1.807) is 0 Å². The highest BCUT2D eigenvalue weighted by molar-refractivity contribution is 5.95. The molecule has 1 rings (SSSR count). The van der Waals surface area contributed by atoms with Gasteiger partial charge in [0.1, 0.15) is 11.1 Å². The van der Waals surface area contributed by atoms with Gasteiger partial charge in [0, 0.05) is 0 Å². The number of carboxylic acid groups (broad SMARTS) is 2. The number of allylic oxidation sites excluding steroid dienone is 1. The SMILES string of the molecule is O=C(O)c1c(F)c(F)c(C(=O)O)c(OC(F)=C(F)C(F)(F)C(F)(F)C(F)(F)C(F)(F)C(F)(F)C(F)(F)C(F)(F)F)c1F. The lowest BCUT2D eigenvalue weighted by molar-refractivity contribution is -0.451. The zero-order valence-electron chi connectivity index (χ0n) is 18.2. The Kier molecular flexibility index (Phi) is 8.85. The van der Waals surface area contributed by atoms with E-state index in [2.05, 4.69) is 4.74 Å². The summed E-state index contributed by atoms with van der Waals surface area (Å²) < 4.78 is 269. The van der Waals surface area contributed by atoms with Gasteiger partial charge in [-0.05, 0) is 0 Å². The first kappa shape index (κ1) is 36.3. The highest BCUT2D eigenvalue weighted by atomic mass is 19.4. The van der Waals surface area contributed by atoms with Crippen LogP contribution in [0.3, 0.4) is 0 Å². The average Bonchev–Trinajstić information content (AvgIpc) is 2.80. The van der Waals surface area contributed by atoms with Crippen LogP contribution in [0, 0.1) is 17.5 Å². The first-order valence-corrected chi connectivity index (χ1v) is 9.04. The number of ether oxygens (including phenoxy) is 1. The van der Waals surface area contributed by atoms with Crippen LogP contribution in [-0.4, -0.2) is 63.9 Å². The van der Waals surface area contributed by atoms with Crippen molar-refractivity contribution in [3.8, 4) is 5.75 Å². The molecule has 0 amide bonds. The highest BCUT2D eigenvalue weighted by Crippen LogP contribution is 2.63. The van der Waals surface area contributed by atoms with Gasteiger partial charge >= 0.3 is 59.7 Å². The number of benzene rings is 1. The van der Waals surface area contributed by atoms with Gasteiger partial charge < -0.3 is 14.9 Å². The maximum atomic E-state index is 14.1. The molecule has 1 aromatic carbocycles. The van der Waals surface area contributed by atoms with Crippen molar-refractivity contribution in [1.82, 2.24) is 0 Å². The molecule has 25 heteroatoms. The quantitative estimate of drug-likeness (QED) is 0.155. The zero-order valence-corrected chi connectivity index (χ0v) is 18.2. The Morgan fingerprint density at radius 3 is 1.21 bits per heavy atom. The number of hydrogen-bond donors (Lipinski definition) is 2. The van der Waals surface area contributed by atoms with Gasteiger partial charge in [-0.3, -0.25) is 0 Å². The third kappa shape index (κ3) is 4.88. The van der Waals surface area contributed by atoms with Crippen LogP contribution in [0.15, 0.2) is 11.8 Å². The maximum Gasteiger partial charge on any atom is 0.460 e. The molecule has 240 valence electrons. The molecule has 0 spiro atoms. The van der Waals surface area contributed by atoms with Crippen molar-refractivity contribution < 1.29 is 112 Å². The van der Waals surface area contributed by atoms with E-state index in [9.17, 15) is 97.4 Å². The second-order valence-corrected chi connectivity index (χ2v) is 7.27. The topological polar surface area (TPSA) is 83.8 Å². The molecular formula is C17H2F20O5. The summed E-state index contributed by atoms with van der Waals surface area (Å²) in [5.74, 6) is -75.3. The summed E-state index contributed by atoms with van der Waals surface area (Å²) in [4.78, 5) is 21.7. The lowest BCUT2D eigenvalue weighted by atomic mass is 9.91. The Morgan fingerprint density at radius 2 is 0.857 bits per heavy atom. The van der Waals surface area contributed by atoms with E-state index in [1.807, 2.05) is 0 Å². The molecule has 42 heavy (non-hydrogen) atoms. The van der Waals surface area contributed by atoms with E-state index in [1.165, 1.54) is 0 Å². The Labute approximate surface area is 213 Å². The fourth-order valence-corrected chi connectivity index (χ4v) is 2.48. The van der Waals surface area contributed by atoms with Crippen molar-refractivity contribution >= 4 is 11.9 Å². The average molecular weight is 666 g/mol. The molecule has 0 atom stereocenters. The first-order valence-electron chi connectivity index (χ1n) is 9.04. The number of carbonyl (C=O) groups is 2. The van der Waals surface area contributed by atoms with Crippen molar-refractivity contribution in [3.05, 3.63) is 40.4 Å². The molecule has 5 nitrogen and oxygen atoms in total. The summed E-state index contributed by atoms with van der Waals surface area (Å²) in [5.41, 5.74) is -5.52. The van der Waals surface area contributed by atoms with Gasteiger partial charge in [-0.2, -0.15) is 74.6 Å². The third-order valence-corrected chi connectivity index (χ3v) is 4.67. The minimum Gasteiger partial charge on any atom is -0.477 e.